The summed E-state index contributed by atoms with van der Waals surface area (Å²) < 4.78 is 4.64. The lowest BCUT2D eigenvalue weighted by Crippen LogP contribution is -2.51. The molecule has 2 rings (SSSR count). The number of carbonyl (C=O) groups excluding carboxylic acids is 1. The van der Waals surface area contributed by atoms with Crippen molar-refractivity contribution in [3.05, 3.63) is 35.4 Å². The Hall–Kier alpha value is -1.66. The molecule has 6 heteroatoms. The monoisotopic (exact) mass is 377 g/mol. The van der Waals surface area contributed by atoms with Gasteiger partial charge in [-0.25, -0.2) is 0 Å². The largest absolute Gasteiger partial charge is 0.469 e. The first kappa shape index (κ1) is 20.6. The van der Waals surface area contributed by atoms with Crippen molar-refractivity contribution in [2.75, 3.05) is 39.8 Å². The van der Waals surface area contributed by atoms with E-state index >= 15 is 0 Å². The number of methoxy groups -OCH3 is 1. The van der Waals surface area contributed by atoms with Crippen molar-refractivity contribution in [2.45, 2.75) is 39.2 Å². The summed E-state index contributed by atoms with van der Waals surface area (Å²) in [5.74, 6) is 0.404. The van der Waals surface area contributed by atoms with Crippen molar-refractivity contribution < 1.29 is 9.53 Å². The Morgan fingerprint density at radius 3 is 2.42 bits per heavy atom. The SMILES string of the molecule is COC(=O)CCCNC(=S)N1CCN(Cc2ccc(C(C)C)cc2)CC1. The zero-order valence-corrected chi connectivity index (χ0v) is 17.0. The highest BCUT2D eigenvalue weighted by molar-refractivity contribution is 7.80. The summed E-state index contributed by atoms with van der Waals surface area (Å²) in [7, 11) is 1.42. The molecule has 0 atom stereocenters. The summed E-state index contributed by atoms with van der Waals surface area (Å²) in [6.07, 6.45) is 1.16. The van der Waals surface area contributed by atoms with E-state index in [1.165, 1.54) is 18.2 Å². The minimum atomic E-state index is -0.173. The van der Waals surface area contributed by atoms with Crippen molar-refractivity contribution in [1.82, 2.24) is 15.1 Å². The molecule has 0 aliphatic carbocycles. The van der Waals surface area contributed by atoms with E-state index in [1.54, 1.807) is 0 Å². The Morgan fingerprint density at radius 1 is 1.19 bits per heavy atom. The van der Waals surface area contributed by atoms with Gasteiger partial charge in [-0.2, -0.15) is 0 Å². The second-order valence-corrected chi connectivity index (χ2v) is 7.46. The van der Waals surface area contributed by atoms with Crippen LogP contribution in [0.15, 0.2) is 24.3 Å². The summed E-state index contributed by atoms with van der Waals surface area (Å²) in [6, 6.07) is 8.97. The van der Waals surface area contributed by atoms with Crippen molar-refractivity contribution in [2.24, 2.45) is 0 Å². The van der Waals surface area contributed by atoms with Crippen LogP contribution in [0.2, 0.25) is 0 Å². The maximum atomic E-state index is 11.1. The average molecular weight is 378 g/mol. The highest BCUT2D eigenvalue weighted by Gasteiger charge is 2.18. The molecule has 1 N–H and O–H groups in total. The van der Waals surface area contributed by atoms with Crippen LogP contribution < -0.4 is 5.32 Å². The zero-order valence-electron chi connectivity index (χ0n) is 16.2. The summed E-state index contributed by atoms with van der Waals surface area (Å²) in [6.45, 7) is 10.0. The number of rotatable bonds is 7. The van der Waals surface area contributed by atoms with Gasteiger partial charge in [0.25, 0.3) is 0 Å². The summed E-state index contributed by atoms with van der Waals surface area (Å²) >= 11 is 5.47. The van der Waals surface area contributed by atoms with Gasteiger partial charge in [-0.3, -0.25) is 9.69 Å². The smallest absolute Gasteiger partial charge is 0.305 e. The molecule has 1 aromatic rings. The number of hydrogen-bond acceptors (Lipinski definition) is 4. The molecule has 0 saturated carbocycles. The Morgan fingerprint density at radius 2 is 1.85 bits per heavy atom. The molecular weight excluding hydrogens is 346 g/mol. The fourth-order valence-electron chi connectivity index (χ4n) is 3.02. The average Bonchev–Trinajstić information content (AvgIpc) is 2.65. The van der Waals surface area contributed by atoms with Gasteiger partial charge in [0, 0.05) is 45.7 Å². The van der Waals surface area contributed by atoms with Crippen LogP contribution in [0.4, 0.5) is 0 Å². The second kappa shape index (κ2) is 10.5. The second-order valence-electron chi connectivity index (χ2n) is 7.07. The fraction of sp³-hybridized carbons (Fsp3) is 0.600. The van der Waals surface area contributed by atoms with Crippen LogP contribution in [-0.4, -0.2) is 60.7 Å². The zero-order chi connectivity index (χ0) is 18.9. The van der Waals surface area contributed by atoms with E-state index < -0.39 is 0 Å². The molecule has 0 bridgehead atoms. The van der Waals surface area contributed by atoms with Crippen molar-refractivity contribution in [3.63, 3.8) is 0 Å². The van der Waals surface area contributed by atoms with Crippen molar-refractivity contribution in [3.8, 4) is 0 Å². The molecule has 0 spiro atoms. The molecule has 144 valence electrons. The first-order valence-electron chi connectivity index (χ1n) is 9.40. The minimum Gasteiger partial charge on any atom is -0.469 e. The number of nitrogens with zero attached hydrogens (tertiary/aromatic N) is 2. The van der Waals surface area contributed by atoms with Crippen LogP contribution in [0.1, 0.15) is 43.7 Å². The molecular formula is C20H31N3O2S. The number of carbonyl (C=O) groups is 1. The Labute approximate surface area is 162 Å². The molecule has 0 aromatic heterocycles. The number of nitrogens with one attached hydrogen (secondary N) is 1. The van der Waals surface area contributed by atoms with E-state index in [4.69, 9.17) is 12.2 Å². The fourth-order valence-corrected chi connectivity index (χ4v) is 3.30. The number of ether oxygens (including phenoxy) is 1. The molecule has 1 aliphatic rings. The molecule has 1 aliphatic heterocycles. The lowest BCUT2D eigenvalue weighted by molar-refractivity contribution is -0.140. The molecule has 26 heavy (non-hydrogen) atoms. The van der Waals surface area contributed by atoms with E-state index in [0.29, 0.717) is 18.9 Å². The van der Waals surface area contributed by atoms with Gasteiger partial charge >= 0.3 is 5.97 Å². The lowest BCUT2D eigenvalue weighted by atomic mass is 10.0. The highest BCUT2D eigenvalue weighted by atomic mass is 32.1. The third-order valence-corrected chi connectivity index (χ3v) is 5.18. The molecule has 1 saturated heterocycles. The minimum absolute atomic E-state index is 0.173. The lowest BCUT2D eigenvalue weighted by Gasteiger charge is -2.36. The molecule has 5 nitrogen and oxygen atoms in total. The third kappa shape index (κ3) is 6.57. The molecule has 0 amide bonds. The van der Waals surface area contributed by atoms with Gasteiger partial charge in [0.05, 0.1) is 7.11 Å². The van der Waals surface area contributed by atoms with E-state index in [1.807, 2.05) is 0 Å². The Balaban J connectivity index is 1.68. The normalized spacial score (nSPS) is 15.2. The standard InChI is InChI=1S/C20H31N3O2S/c1-16(2)18-8-6-17(7-9-18)15-22-11-13-23(14-12-22)20(26)21-10-4-5-19(24)25-3/h6-9,16H,4-5,10-15H2,1-3H3,(H,21,26). The molecule has 0 radical (unpaired) electrons. The first-order chi connectivity index (χ1) is 12.5. The number of thiocarbonyl (C=S) groups is 1. The van der Waals surface area contributed by atoms with Gasteiger partial charge < -0.3 is 15.0 Å². The van der Waals surface area contributed by atoms with Gasteiger partial charge in [0.15, 0.2) is 5.11 Å². The van der Waals surface area contributed by atoms with Crippen molar-refractivity contribution in [1.29, 1.82) is 0 Å². The van der Waals surface area contributed by atoms with Gasteiger partial charge in [0.1, 0.15) is 0 Å². The number of benzene rings is 1. The first-order valence-corrected chi connectivity index (χ1v) is 9.81. The van der Waals surface area contributed by atoms with E-state index in [9.17, 15) is 4.79 Å². The highest BCUT2D eigenvalue weighted by Crippen LogP contribution is 2.16. The van der Waals surface area contributed by atoms with E-state index in [2.05, 4.69) is 58.0 Å². The Bertz CT molecular complexity index is 581. The van der Waals surface area contributed by atoms with Gasteiger partial charge in [-0.05, 0) is 35.7 Å². The van der Waals surface area contributed by atoms with Gasteiger partial charge in [-0.1, -0.05) is 38.1 Å². The third-order valence-electron chi connectivity index (χ3n) is 4.77. The predicted molar refractivity (Wildman–Crippen MR) is 109 cm³/mol. The number of piperazine rings is 1. The topological polar surface area (TPSA) is 44.8 Å². The summed E-state index contributed by atoms with van der Waals surface area (Å²) in [5, 5.41) is 4.03. The number of hydrogen-bond donors (Lipinski definition) is 1. The maximum Gasteiger partial charge on any atom is 0.305 e. The molecule has 1 fully saturated rings. The Kier molecular flexibility index (Phi) is 8.32. The van der Waals surface area contributed by atoms with Crippen LogP contribution >= 0.6 is 12.2 Å². The van der Waals surface area contributed by atoms with Crippen LogP contribution in [0, 0.1) is 0 Å². The summed E-state index contributed by atoms with van der Waals surface area (Å²) in [4.78, 5) is 15.8. The molecule has 0 unspecified atom stereocenters. The predicted octanol–water partition coefficient (Wildman–Crippen LogP) is 2.76. The van der Waals surface area contributed by atoms with E-state index in [-0.39, 0.29) is 5.97 Å². The maximum absolute atomic E-state index is 11.1. The van der Waals surface area contributed by atoms with Gasteiger partial charge in [0.2, 0.25) is 0 Å². The molecule has 1 heterocycles. The number of esters is 1. The van der Waals surface area contributed by atoms with Gasteiger partial charge in [-0.15, -0.1) is 0 Å². The van der Waals surface area contributed by atoms with Crippen LogP contribution in [-0.2, 0) is 16.1 Å². The summed E-state index contributed by atoms with van der Waals surface area (Å²) in [5.41, 5.74) is 2.76. The molecule has 1 aromatic carbocycles. The van der Waals surface area contributed by atoms with Crippen LogP contribution in [0.3, 0.4) is 0 Å². The van der Waals surface area contributed by atoms with Crippen molar-refractivity contribution >= 4 is 23.3 Å². The quantitative estimate of drug-likeness (QED) is 0.448. The van der Waals surface area contributed by atoms with E-state index in [0.717, 1.165) is 44.3 Å². The van der Waals surface area contributed by atoms with Crippen LogP contribution in [0.25, 0.3) is 0 Å². The van der Waals surface area contributed by atoms with Crippen LogP contribution in [0.5, 0.6) is 0 Å².